The summed E-state index contributed by atoms with van der Waals surface area (Å²) in [5.41, 5.74) is 0.500. The first-order chi connectivity index (χ1) is 8.43. The minimum absolute atomic E-state index is 0.500. The second-order valence-electron chi connectivity index (χ2n) is 4.45. The monoisotopic (exact) mass is 250 g/mol. The van der Waals surface area contributed by atoms with Crippen molar-refractivity contribution in [3.63, 3.8) is 0 Å². The topological polar surface area (TPSA) is 61.8 Å². The molecule has 1 aromatic rings. The number of esters is 2. The molecule has 2 rings (SSSR count). The summed E-state index contributed by atoms with van der Waals surface area (Å²) in [7, 11) is 1.51. The molecule has 0 unspecified atom stereocenters. The Hall–Kier alpha value is -2.04. The van der Waals surface area contributed by atoms with Crippen LogP contribution in [0.5, 0.6) is 5.75 Å². The van der Waals surface area contributed by atoms with E-state index >= 15 is 0 Å². The molecule has 1 heterocycles. The van der Waals surface area contributed by atoms with Gasteiger partial charge in [0.15, 0.2) is 5.92 Å². The summed E-state index contributed by atoms with van der Waals surface area (Å²) in [5, 5.41) is 0. The zero-order valence-electron chi connectivity index (χ0n) is 10.4. The average Bonchev–Trinajstić information content (AvgIpc) is 2.26. The van der Waals surface area contributed by atoms with Crippen molar-refractivity contribution in [1.82, 2.24) is 0 Å². The van der Waals surface area contributed by atoms with Crippen LogP contribution in [0, 0.1) is 0 Å². The third-order valence-corrected chi connectivity index (χ3v) is 2.59. The lowest BCUT2D eigenvalue weighted by atomic mass is 9.98. The van der Waals surface area contributed by atoms with Gasteiger partial charge in [0.1, 0.15) is 5.75 Å². The molecule has 0 radical (unpaired) electrons. The molecule has 0 amide bonds. The van der Waals surface area contributed by atoms with Crippen LogP contribution in [0.1, 0.15) is 25.3 Å². The van der Waals surface area contributed by atoms with Crippen LogP contribution in [-0.2, 0) is 19.1 Å². The van der Waals surface area contributed by atoms with Crippen LogP contribution in [0.25, 0.3) is 0 Å². The Morgan fingerprint density at radius 2 is 1.78 bits per heavy atom. The molecular weight excluding hydrogens is 236 g/mol. The summed E-state index contributed by atoms with van der Waals surface area (Å²) in [5.74, 6) is -2.90. The highest BCUT2D eigenvalue weighted by Crippen LogP contribution is 2.31. The first kappa shape index (κ1) is 12.4. The smallest absolute Gasteiger partial charge is 0.328 e. The van der Waals surface area contributed by atoms with Crippen LogP contribution in [0.3, 0.4) is 0 Å². The minimum Gasteiger partial charge on any atom is -0.497 e. The Balaban J connectivity index is 2.32. The number of benzene rings is 1. The number of ether oxygens (including phenoxy) is 3. The number of methoxy groups -OCH3 is 1. The Kier molecular flexibility index (Phi) is 2.98. The fourth-order valence-electron chi connectivity index (χ4n) is 1.81. The Morgan fingerprint density at radius 1 is 1.17 bits per heavy atom. The number of carbonyl (C=O) groups is 2. The van der Waals surface area contributed by atoms with Crippen molar-refractivity contribution >= 4 is 11.9 Å². The molecule has 0 aliphatic carbocycles. The van der Waals surface area contributed by atoms with Gasteiger partial charge in [-0.1, -0.05) is 12.1 Å². The lowest BCUT2D eigenvalue weighted by Crippen LogP contribution is -2.45. The molecule has 5 heteroatoms. The van der Waals surface area contributed by atoms with Gasteiger partial charge in [0.25, 0.3) is 5.79 Å². The second kappa shape index (κ2) is 4.33. The van der Waals surface area contributed by atoms with E-state index in [2.05, 4.69) is 0 Å². The van der Waals surface area contributed by atoms with E-state index in [-0.39, 0.29) is 0 Å². The molecule has 96 valence electrons. The van der Waals surface area contributed by atoms with Gasteiger partial charge in [-0.15, -0.1) is 0 Å². The van der Waals surface area contributed by atoms with Crippen molar-refractivity contribution in [1.29, 1.82) is 0 Å². The first-order valence-electron chi connectivity index (χ1n) is 5.52. The van der Waals surface area contributed by atoms with Gasteiger partial charge in [0, 0.05) is 13.8 Å². The second-order valence-corrected chi connectivity index (χ2v) is 4.45. The molecule has 0 bridgehead atoms. The van der Waals surface area contributed by atoms with Crippen molar-refractivity contribution in [2.24, 2.45) is 0 Å². The summed E-state index contributed by atoms with van der Waals surface area (Å²) >= 11 is 0. The Bertz CT molecular complexity index is 472. The first-order valence-corrected chi connectivity index (χ1v) is 5.52. The Labute approximate surface area is 105 Å². The zero-order valence-corrected chi connectivity index (χ0v) is 10.4. The molecular formula is C13H14O5. The molecule has 18 heavy (non-hydrogen) atoms. The normalized spacial score (nSPS) is 19.1. The van der Waals surface area contributed by atoms with Gasteiger partial charge in [-0.25, -0.2) is 0 Å². The fraction of sp³-hybridized carbons (Fsp3) is 0.385. The summed E-state index contributed by atoms with van der Waals surface area (Å²) in [6.45, 7) is 3.04. The number of carbonyl (C=O) groups excluding carboxylic acids is 2. The maximum absolute atomic E-state index is 11.9. The van der Waals surface area contributed by atoms with Crippen molar-refractivity contribution in [3.8, 4) is 5.75 Å². The van der Waals surface area contributed by atoms with Crippen molar-refractivity contribution in [2.45, 2.75) is 25.6 Å². The largest absolute Gasteiger partial charge is 0.497 e. The Morgan fingerprint density at radius 3 is 2.33 bits per heavy atom. The molecule has 0 N–H and O–H groups in total. The maximum atomic E-state index is 11.9. The fourth-order valence-corrected chi connectivity index (χ4v) is 1.81. The molecule has 1 aliphatic heterocycles. The zero-order chi connectivity index (χ0) is 13.3. The van der Waals surface area contributed by atoms with E-state index in [1.807, 2.05) is 0 Å². The van der Waals surface area contributed by atoms with E-state index < -0.39 is 23.6 Å². The molecule has 0 spiro atoms. The van der Waals surface area contributed by atoms with Crippen LogP contribution < -0.4 is 4.74 Å². The van der Waals surface area contributed by atoms with Crippen molar-refractivity contribution in [2.75, 3.05) is 7.11 Å². The number of cyclic esters (lactones) is 2. The molecule has 1 aromatic carbocycles. The number of hydrogen-bond acceptors (Lipinski definition) is 5. The third-order valence-electron chi connectivity index (χ3n) is 2.59. The van der Waals surface area contributed by atoms with Crippen LogP contribution in [0.4, 0.5) is 0 Å². The molecule has 1 saturated heterocycles. The quantitative estimate of drug-likeness (QED) is 0.589. The molecule has 0 aromatic heterocycles. The summed E-state index contributed by atoms with van der Waals surface area (Å²) < 4.78 is 15.2. The summed E-state index contributed by atoms with van der Waals surface area (Å²) in [6.07, 6.45) is 0. The van der Waals surface area contributed by atoms with E-state index in [0.29, 0.717) is 11.3 Å². The van der Waals surface area contributed by atoms with Gasteiger partial charge >= 0.3 is 11.9 Å². The third kappa shape index (κ3) is 2.30. The van der Waals surface area contributed by atoms with Crippen molar-refractivity contribution < 1.29 is 23.8 Å². The van der Waals surface area contributed by atoms with Gasteiger partial charge in [-0.3, -0.25) is 9.59 Å². The highest BCUT2D eigenvalue weighted by molar-refractivity contribution is 6.02. The molecule has 1 aliphatic rings. The maximum Gasteiger partial charge on any atom is 0.328 e. The van der Waals surface area contributed by atoms with Gasteiger partial charge in [-0.05, 0) is 17.7 Å². The van der Waals surface area contributed by atoms with E-state index in [4.69, 9.17) is 14.2 Å². The van der Waals surface area contributed by atoms with E-state index in [0.717, 1.165) is 0 Å². The van der Waals surface area contributed by atoms with E-state index in [1.165, 1.54) is 21.0 Å². The van der Waals surface area contributed by atoms with Crippen LogP contribution in [0.2, 0.25) is 0 Å². The SMILES string of the molecule is COc1cccc(C2C(=O)OC(C)(C)OC2=O)c1. The standard InChI is InChI=1S/C13H14O5/c1-13(2)17-11(14)10(12(15)18-13)8-5-4-6-9(7-8)16-3/h4-7,10H,1-3H3. The van der Waals surface area contributed by atoms with Gasteiger partial charge < -0.3 is 14.2 Å². The molecule has 0 atom stereocenters. The molecule has 5 nitrogen and oxygen atoms in total. The van der Waals surface area contributed by atoms with Gasteiger partial charge in [0.05, 0.1) is 7.11 Å². The van der Waals surface area contributed by atoms with E-state index in [9.17, 15) is 9.59 Å². The molecule has 0 saturated carbocycles. The summed E-state index contributed by atoms with van der Waals surface area (Å²) in [6, 6.07) is 6.71. The number of rotatable bonds is 2. The number of hydrogen-bond donors (Lipinski definition) is 0. The van der Waals surface area contributed by atoms with Crippen LogP contribution in [0.15, 0.2) is 24.3 Å². The summed E-state index contributed by atoms with van der Waals surface area (Å²) in [4.78, 5) is 23.7. The average molecular weight is 250 g/mol. The van der Waals surface area contributed by atoms with Crippen LogP contribution in [-0.4, -0.2) is 24.8 Å². The van der Waals surface area contributed by atoms with Gasteiger partial charge in [0.2, 0.25) is 0 Å². The van der Waals surface area contributed by atoms with Crippen molar-refractivity contribution in [3.05, 3.63) is 29.8 Å². The predicted octanol–water partition coefficient (Wildman–Crippen LogP) is 1.61. The van der Waals surface area contributed by atoms with Crippen LogP contribution >= 0.6 is 0 Å². The highest BCUT2D eigenvalue weighted by Gasteiger charge is 2.44. The van der Waals surface area contributed by atoms with Gasteiger partial charge in [-0.2, -0.15) is 0 Å². The van der Waals surface area contributed by atoms with E-state index in [1.54, 1.807) is 24.3 Å². The minimum atomic E-state index is -1.20. The highest BCUT2D eigenvalue weighted by atomic mass is 16.7. The molecule has 1 fully saturated rings. The lowest BCUT2D eigenvalue weighted by molar-refractivity contribution is -0.234. The lowest BCUT2D eigenvalue weighted by Gasteiger charge is -2.32. The predicted molar refractivity (Wildman–Crippen MR) is 62.0 cm³/mol.